The first-order valence-corrected chi connectivity index (χ1v) is 6.01. The van der Waals surface area contributed by atoms with Crippen molar-refractivity contribution in [2.75, 3.05) is 12.5 Å². The van der Waals surface area contributed by atoms with E-state index in [0.717, 1.165) is 11.5 Å². The van der Waals surface area contributed by atoms with Gasteiger partial charge in [-0.3, -0.25) is 0 Å². The zero-order valence-electron chi connectivity index (χ0n) is 8.84. The number of esters is 1. The molecule has 8 heteroatoms. The Hall–Kier alpha value is -1.47. The van der Waals surface area contributed by atoms with E-state index in [0.29, 0.717) is 22.2 Å². The number of carbonyl (C=O) groups excluding carboxylic acids is 1. The molecule has 0 radical (unpaired) electrons. The van der Waals surface area contributed by atoms with Gasteiger partial charge in [-0.25, -0.2) is 9.78 Å². The van der Waals surface area contributed by atoms with Gasteiger partial charge in [0.1, 0.15) is 24.3 Å². The predicted octanol–water partition coefficient (Wildman–Crippen LogP) is 1.90. The molecule has 0 unspecified atom stereocenters. The molecule has 0 fully saturated rings. The van der Waals surface area contributed by atoms with Gasteiger partial charge in [0.15, 0.2) is 10.8 Å². The van der Waals surface area contributed by atoms with Crippen molar-refractivity contribution in [1.82, 2.24) is 14.6 Å². The van der Waals surface area contributed by atoms with Crippen molar-refractivity contribution in [3.05, 3.63) is 17.0 Å². The average Bonchev–Trinajstić information content (AvgIpc) is 2.93. The normalized spacial score (nSPS) is 10.5. The minimum absolute atomic E-state index is 0.148. The Morgan fingerprint density at radius 3 is 3.12 bits per heavy atom. The molecule has 0 amide bonds. The van der Waals surface area contributed by atoms with Crippen molar-refractivity contribution in [3.8, 4) is 11.4 Å². The van der Waals surface area contributed by atoms with E-state index in [1.807, 2.05) is 0 Å². The van der Waals surface area contributed by atoms with E-state index in [9.17, 15) is 4.79 Å². The summed E-state index contributed by atoms with van der Waals surface area (Å²) in [7, 11) is 0. The van der Waals surface area contributed by atoms with Crippen molar-refractivity contribution in [2.24, 2.45) is 0 Å². The first kappa shape index (κ1) is 12.0. The van der Waals surface area contributed by atoms with Crippen molar-refractivity contribution in [3.63, 3.8) is 0 Å². The second-order valence-electron chi connectivity index (χ2n) is 3.03. The molecule has 17 heavy (non-hydrogen) atoms. The van der Waals surface area contributed by atoms with Crippen LogP contribution in [0.25, 0.3) is 11.4 Å². The summed E-state index contributed by atoms with van der Waals surface area (Å²) < 4.78 is 13.7. The second-order valence-corrected chi connectivity index (χ2v) is 4.16. The first-order valence-electron chi connectivity index (χ1n) is 4.70. The highest BCUT2D eigenvalue weighted by Crippen LogP contribution is 2.23. The monoisotopic (exact) mass is 273 g/mol. The van der Waals surface area contributed by atoms with Crippen molar-refractivity contribution >= 4 is 29.1 Å². The third-order valence-electron chi connectivity index (χ3n) is 1.85. The SMILES string of the molecule is Cc1nc(-c2nnsc2C(=O)OCCCl)co1. The molecule has 0 aliphatic carbocycles. The van der Waals surface area contributed by atoms with Crippen LogP contribution in [0.4, 0.5) is 0 Å². The molecule has 2 aromatic rings. The van der Waals surface area contributed by atoms with Gasteiger partial charge in [-0.05, 0) is 11.5 Å². The second kappa shape index (κ2) is 5.24. The molecule has 2 aromatic heterocycles. The standard InChI is InChI=1S/C9H8ClN3O3S/c1-5-11-6(4-16-5)7-8(17-13-12-7)9(14)15-3-2-10/h4H,2-3H2,1H3. The predicted molar refractivity (Wildman–Crippen MR) is 61.1 cm³/mol. The highest BCUT2D eigenvalue weighted by Gasteiger charge is 2.21. The number of nitrogens with zero attached hydrogens (tertiary/aromatic N) is 3. The lowest BCUT2D eigenvalue weighted by Crippen LogP contribution is -2.06. The maximum absolute atomic E-state index is 11.7. The van der Waals surface area contributed by atoms with Crippen LogP contribution in [-0.2, 0) is 4.74 Å². The zero-order chi connectivity index (χ0) is 12.3. The highest BCUT2D eigenvalue weighted by atomic mass is 35.5. The van der Waals surface area contributed by atoms with Crippen LogP contribution in [0.3, 0.4) is 0 Å². The van der Waals surface area contributed by atoms with Crippen LogP contribution in [0.5, 0.6) is 0 Å². The lowest BCUT2D eigenvalue weighted by atomic mass is 10.3. The Labute approximate surface area is 106 Å². The number of hydrogen-bond donors (Lipinski definition) is 0. The maximum atomic E-state index is 11.7. The lowest BCUT2D eigenvalue weighted by molar-refractivity contribution is 0.0535. The molecule has 0 spiro atoms. The molecule has 0 N–H and O–H groups in total. The third-order valence-corrected chi connectivity index (χ3v) is 2.71. The van der Waals surface area contributed by atoms with Crippen molar-refractivity contribution in [2.45, 2.75) is 6.92 Å². The summed E-state index contributed by atoms with van der Waals surface area (Å²) in [6, 6.07) is 0. The number of ether oxygens (including phenoxy) is 1. The molecular weight excluding hydrogens is 266 g/mol. The van der Waals surface area contributed by atoms with E-state index in [1.54, 1.807) is 6.92 Å². The first-order chi connectivity index (χ1) is 8.22. The summed E-state index contributed by atoms with van der Waals surface area (Å²) in [4.78, 5) is 16.0. The van der Waals surface area contributed by atoms with Crippen LogP contribution in [0.1, 0.15) is 15.6 Å². The minimum atomic E-state index is -0.503. The number of aryl methyl sites for hydroxylation is 1. The van der Waals surface area contributed by atoms with Crippen LogP contribution in [0.2, 0.25) is 0 Å². The average molecular weight is 274 g/mol. The Morgan fingerprint density at radius 1 is 1.65 bits per heavy atom. The largest absolute Gasteiger partial charge is 0.460 e. The summed E-state index contributed by atoms with van der Waals surface area (Å²) in [6.45, 7) is 1.85. The number of rotatable bonds is 4. The molecule has 0 saturated carbocycles. The van der Waals surface area contributed by atoms with E-state index >= 15 is 0 Å². The summed E-state index contributed by atoms with van der Waals surface area (Å²) in [5.74, 6) is 0.237. The fourth-order valence-electron chi connectivity index (χ4n) is 1.16. The molecule has 0 aliphatic heterocycles. The molecule has 90 valence electrons. The third kappa shape index (κ3) is 2.62. The number of halogens is 1. The highest BCUT2D eigenvalue weighted by molar-refractivity contribution is 7.08. The molecule has 2 rings (SSSR count). The number of carbonyl (C=O) groups is 1. The quantitative estimate of drug-likeness (QED) is 0.625. The van der Waals surface area contributed by atoms with E-state index < -0.39 is 5.97 Å². The van der Waals surface area contributed by atoms with Crippen LogP contribution in [0.15, 0.2) is 10.7 Å². The van der Waals surface area contributed by atoms with Gasteiger partial charge in [0.2, 0.25) is 0 Å². The summed E-state index contributed by atoms with van der Waals surface area (Å²) in [5.41, 5.74) is 0.834. The van der Waals surface area contributed by atoms with Gasteiger partial charge < -0.3 is 9.15 Å². The number of hydrogen-bond acceptors (Lipinski definition) is 7. The van der Waals surface area contributed by atoms with Crippen molar-refractivity contribution < 1.29 is 13.9 Å². The topological polar surface area (TPSA) is 78.1 Å². The van der Waals surface area contributed by atoms with Crippen LogP contribution < -0.4 is 0 Å². The van der Waals surface area contributed by atoms with Gasteiger partial charge >= 0.3 is 5.97 Å². The molecular formula is C9H8ClN3O3S. The van der Waals surface area contributed by atoms with Gasteiger partial charge in [-0.15, -0.1) is 16.7 Å². The van der Waals surface area contributed by atoms with Gasteiger partial charge in [-0.1, -0.05) is 4.49 Å². The minimum Gasteiger partial charge on any atom is -0.460 e. The van der Waals surface area contributed by atoms with E-state index in [-0.39, 0.29) is 12.5 Å². The Bertz CT molecular complexity index is 525. The zero-order valence-corrected chi connectivity index (χ0v) is 10.4. The number of alkyl halides is 1. The number of aromatic nitrogens is 3. The van der Waals surface area contributed by atoms with E-state index in [4.69, 9.17) is 20.8 Å². The Morgan fingerprint density at radius 2 is 2.47 bits per heavy atom. The fourth-order valence-corrected chi connectivity index (χ4v) is 1.81. The van der Waals surface area contributed by atoms with Gasteiger partial charge in [0.25, 0.3) is 0 Å². The molecule has 2 heterocycles. The maximum Gasteiger partial charge on any atom is 0.352 e. The molecule has 0 atom stereocenters. The molecule has 0 aromatic carbocycles. The van der Waals surface area contributed by atoms with E-state index in [2.05, 4.69) is 14.6 Å². The lowest BCUT2D eigenvalue weighted by Gasteiger charge is -1.99. The molecule has 0 aliphatic rings. The Balaban J connectivity index is 2.25. The number of oxazole rings is 1. The van der Waals surface area contributed by atoms with Gasteiger partial charge in [-0.2, -0.15) is 0 Å². The molecule has 6 nitrogen and oxygen atoms in total. The van der Waals surface area contributed by atoms with E-state index in [1.165, 1.54) is 6.26 Å². The summed E-state index contributed by atoms with van der Waals surface area (Å²) >= 11 is 6.39. The fraction of sp³-hybridized carbons (Fsp3) is 0.333. The van der Waals surface area contributed by atoms with Gasteiger partial charge in [0.05, 0.1) is 5.88 Å². The summed E-state index contributed by atoms with van der Waals surface area (Å²) in [5, 5.41) is 3.84. The van der Waals surface area contributed by atoms with Gasteiger partial charge in [0, 0.05) is 6.92 Å². The van der Waals surface area contributed by atoms with Crippen LogP contribution in [-0.4, -0.2) is 33.0 Å². The molecule has 0 saturated heterocycles. The van der Waals surface area contributed by atoms with Crippen LogP contribution in [0, 0.1) is 6.92 Å². The van der Waals surface area contributed by atoms with Crippen molar-refractivity contribution in [1.29, 1.82) is 0 Å². The molecule has 0 bridgehead atoms. The Kier molecular flexibility index (Phi) is 3.70. The smallest absolute Gasteiger partial charge is 0.352 e. The van der Waals surface area contributed by atoms with Crippen LogP contribution >= 0.6 is 23.1 Å². The summed E-state index contributed by atoms with van der Waals surface area (Å²) in [6.07, 6.45) is 1.42.